The number of halogens is 1. The van der Waals surface area contributed by atoms with Gasteiger partial charge in [0.25, 0.3) is 0 Å². The first-order valence-electron chi connectivity index (χ1n) is 6.35. The molecule has 0 spiro atoms. The van der Waals surface area contributed by atoms with E-state index in [-0.39, 0.29) is 0 Å². The van der Waals surface area contributed by atoms with Crippen LogP contribution in [-0.4, -0.2) is 23.0 Å². The number of para-hydroxylation sites is 1. The summed E-state index contributed by atoms with van der Waals surface area (Å²) in [6.07, 6.45) is 2.72. The third-order valence-electron chi connectivity index (χ3n) is 3.17. The Morgan fingerprint density at radius 3 is 2.95 bits per heavy atom. The summed E-state index contributed by atoms with van der Waals surface area (Å²) < 4.78 is 12.8. The Balaban J connectivity index is 1.71. The third-order valence-corrected chi connectivity index (χ3v) is 3.55. The van der Waals surface area contributed by atoms with Crippen LogP contribution in [0.1, 0.15) is 6.42 Å². The van der Waals surface area contributed by atoms with Gasteiger partial charge in [0.05, 0.1) is 12.8 Å². The predicted molar refractivity (Wildman–Crippen MR) is 72.7 cm³/mol. The van der Waals surface area contributed by atoms with E-state index in [1.165, 1.54) is 0 Å². The van der Waals surface area contributed by atoms with Gasteiger partial charge in [-0.1, -0.05) is 29.8 Å². The van der Waals surface area contributed by atoms with Crippen molar-refractivity contribution in [3.63, 3.8) is 0 Å². The van der Waals surface area contributed by atoms with Gasteiger partial charge < -0.3 is 9.47 Å². The summed E-state index contributed by atoms with van der Waals surface area (Å²) in [5.74, 6) is 1.84. The van der Waals surface area contributed by atoms with Gasteiger partial charge in [-0.05, 0) is 18.6 Å². The number of aromatic nitrogens is 2. The molecule has 1 aliphatic heterocycles. The Morgan fingerprint density at radius 2 is 2.21 bits per heavy atom. The fourth-order valence-electron chi connectivity index (χ4n) is 2.14. The van der Waals surface area contributed by atoms with Gasteiger partial charge >= 0.3 is 0 Å². The molecule has 4 nitrogen and oxygen atoms in total. The lowest BCUT2D eigenvalue weighted by atomic mass is 10.1. The number of benzene rings is 1. The molecule has 0 N–H and O–H groups in total. The lowest BCUT2D eigenvalue weighted by Gasteiger charge is -2.09. The van der Waals surface area contributed by atoms with E-state index in [1.54, 1.807) is 10.9 Å². The van der Waals surface area contributed by atoms with E-state index in [2.05, 4.69) is 5.10 Å². The maximum Gasteiger partial charge on any atom is 0.184 e. The van der Waals surface area contributed by atoms with Crippen molar-refractivity contribution in [2.24, 2.45) is 5.92 Å². The van der Waals surface area contributed by atoms with Gasteiger partial charge in [0, 0.05) is 19.1 Å². The van der Waals surface area contributed by atoms with Crippen LogP contribution in [0.2, 0.25) is 5.15 Å². The molecule has 1 unspecified atom stereocenters. The molecule has 1 fully saturated rings. The smallest absolute Gasteiger partial charge is 0.184 e. The van der Waals surface area contributed by atoms with Crippen molar-refractivity contribution in [3.8, 4) is 11.5 Å². The van der Waals surface area contributed by atoms with Crippen LogP contribution in [-0.2, 0) is 11.3 Å². The molecule has 2 aromatic rings. The maximum atomic E-state index is 6.29. The van der Waals surface area contributed by atoms with Crippen LogP contribution in [0.25, 0.3) is 0 Å². The largest absolute Gasteiger partial charge is 0.452 e. The molecule has 0 amide bonds. The first-order chi connectivity index (χ1) is 9.33. The molecule has 2 heterocycles. The molecule has 19 heavy (non-hydrogen) atoms. The monoisotopic (exact) mass is 278 g/mol. The zero-order chi connectivity index (χ0) is 13.1. The molecule has 0 saturated carbocycles. The number of rotatable bonds is 4. The molecule has 1 aliphatic rings. The minimum atomic E-state index is 0.488. The van der Waals surface area contributed by atoms with Crippen molar-refractivity contribution in [3.05, 3.63) is 41.7 Å². The van der Waals surface area contributed by atoms with Crippen LogP contribution in [0.4, 0.5) is 0 Å². The van der Waals surface area contributed by atoms with Crippen LogP contribution < -0.4 is 4.74 Å². The third kappa shape index (κ3) is 2.91. The highest BCUT2D eigenvalue weighted by molar-refractivity contribution is 6.31. The zero-order valence-corrected chi connectivity index (χ0v) is 11.2. The molecular formula is C14H15ClN2O2. The second-order valence-electron chi connectivity index (χ2n) is 4.63. The maximum absolute atomic E-state index is 6.29. The van der Waals surface area contributed by atoms with Crippen molar-refractivity contribution in [1.29, 1.82) is 0 Å². The second kappa shape index (κ2) is 5.63. The number of hydrogen-bond donors (Lipinski definition) is 0. The van der Waals surface area contributed by atoms with Crippen LogP contribution in [0, 0.1) is 5.92 Å². The molecular weight excluding hydrogens is 264 g/mol. The van der Waals surface area contributed by atoms with Crippen molar-refractivity contribution in [2.45, 2.75) is 13.0 Å². The molecule has 3 rings (SSSR count). The predicted octanol–water partition coefficient (Wildman–Crippen LogP) is 3.37. The second-order valence-corrected chi connectivity index (χ2v) is 4.98. The minimum Gasteiger partial charge on any atom is -0.452 e. The molecule has 0 aliphatic carbocycles. The minimum absolute atomic E-state index is 0.488. The lowest BCUT2D eigenvalue weighted by molar-refractivity contribution is 0.181. The van der Waals surface area contributed by atoms with Crippen molar-refractivity contribution in [2.75, 3.05) is 13.2 Å². The molecule has 1 saturated heterocycles. The fourth-order valence-corrected chi connectivity index (χ4v) is 2.34. The zero-order valence-electron chi connectivity index (χ0n) is 10.5. The fraction of sp³-hybridized carbons (Fsp3) is 0.357. The van der Waals surface area contributed by atoms with E-state index in [0.717, 1.165) is 31.9 Å². The number of hydrogen-bond acceptors (Lipinski definition) is 3. The van der Waals surface area contributed by atoms with E-state index >= 15 is 0 Å². The molecule has 1 aromatic carbocycles. The molecule has 1 atom stereocenters. The van der Waals surface area contributed by atoms with Crippen molar-refractivity contribution in [1.82, 2.24) is 9.78 Å². The van der Waals surface area contributed by atoms with Gasteiger partial charge in [0.1, 0.15) is 5.75 Å². The van der Waals surface area contributed by atoms with E-state index in [1.807, 2.05) is 30.3 Å². The Hall–Kier alpha value is -1.52. The Kier molecular flexibility index (Phi) is 3.71. The van der Waals surface area contributed by atoms with Crippen LogP contribution >= 0.6 is 11.6 Å². The van der Waals surface area contributed by atoms with E-state index in [9.17, 15) is 0 Å². The van der Waals surface area contributed by atoms with Crippen LogP contribution in [0.5, 0.6) is 11.5 Å². The Labute approximate surface area is 116 Å². The SMILES string of the molecule is Clc1c(Oc2ccccc2)cnn1CC1CCOC1. The highest BCUT2D eigenvalue weighted by Gasteiger charge is 2.19. The number of nitrogens with zero attached hydrogens (tertiary/aromatic N) is 2. The molecule has 1 aromatic heterocycles. The summed E-state index contributed by atoms with van der Waals surface area (Å²) in [6, 6.07) is 9.56. The van der Waals surface area contributed by atoms with Gasteiger partial charge in [0.15, 0.2) is 10.9 Å². The van der Waals surface area contributed by atoms with Crippen molar-refractivity contribution < 1.29 is 9.47 Å². The molecule has 5 heteroatoms. The average Bonchev–Trinajstić information content (AvgIpc) is 3.05. The van der Waals surface area contributed by atoms with E-state index in [0.29, 0.717) is 16.8 Å². The van der Waals surface area contributed by atoms with Gasteiger partial charge in [-0.25, -0.2) is 0 Å². The van der Waals surface area contributed by atoms with Gasteiger partial charge in [-0.3, -0.25) is 4.68 Å². The summed E-state index contributed by atoms with van der Waals surface area (Å²) >= 11 is 6.29. The number of ether oxygens (including phenoxy) is 2. The summed E-state index contributed by atoms with van der Waals surface area (Å²) in [6.45, 7) is 2.39. The van der Waals surface area contributed by atoms with Gasteiger partial charge in [-0.2, -0.15) is 5.10 Å². The summed E-state index contributed by atoms with van der Waals surface area (Å²) in [5, 5.41) is 4.82. The quantitative estimate of drug-likeness (QED) is 0.860. The Bertz CT molecular complexity index is 536. The highest BCUT2D eigenvalue weighted by atomic mass is 35.5. The standard InChI is InChI=1S/C14H15ClN2O2/c15-14-13(19-12-4-2-1-3-5-12)8-16-17(14)9-11-6-7-18-10-11/h1-5,8,11H,6-7,9-10H2. The topological polar surface area (TPSA) is 36.3 Å². The first-order valence-corrected chi connectivity index (χ1v) is 6.72. The lowest BCUT2D eigenvalue weighted by Crippen LogP contribution is -2.11. The first kappa shape index (κ1) is 12.5. The average molecular weight is 279 g/mol. The summed E-state index contributed by atoms with van der Waals surface area (Å²) in [7, 11) is 0. The summed E-state index contributed by atoms with van der Waals surface area (Å²) in [4.78, 5) is 0. The normalized spacial score (nSPS) is 18.7. The molecule has 0 radical (unpaired) electrons. The van der Waals surface area contributed by atoms with Gasteiger partial charge in [-0.15, -0.1) is 0 Å². The van der Waals surface area contributed by atoms with Crippen LogP contribution in [0.15, 0.2) is 36.5 Å². The van der Waals surface area contributed by atoms with E-state index in [4.69, 9.17) is 21.1 Å². The summed E-state index contributed by atoms with van der Waals surface area (Å²) in [5.41, 5.74) is 0. The molecule has 0 bridgehead atoms. The van der Waals surface area contributed by atoms with Crippen LogP contribution in [0.3, 0.4) is 0 Å². The van der Waals surface area contributed by atoms with Crippen molar-refractivity contribution >= 4 is 11.6 Å². The van der Waals surface area contributed by atoms with E-state index < -0.39 is 0 Å². The highest BCUT2D eigenvalue weighted by Crippen LogP contribution is 2.30. The molecule has 100 valence electrons. The Morgan fingerprint density at radius 1 is 1.37 bits per heavy atom. The van der Waals surface area contributed by atoms with Gasteiger partial charge in [0.2, 0.25) is 0 Å².